The largest absolute Gasteiger partial charge is 0.371 e. The van der Waals surface area contributed by atoms with Crippen molar-refractivity contribution in [3.05, 3.63) is 41.5 Å². The van der Waals surface area contributed by atoms with Crippen LogP contribution in [0.3, 0.4) is 0 Å². The Hall–Kier alpha value is -1.28. The summed E-state index contributed by atoms with van der Waals surface area (Å²) in [7, 11) is 0. The molecule has 3 heterocycles. The van der Waals surface area contributed by atoms with E-state index in [2.05, 4.69) is 62.9 Å². The molecule has 5 rings (SSSR count). The van der Waals surface area contributed by atoms with Gasteiger partial charge in [-0.2, -0.15) is 0 Å². The quantitative estimate of drug-likeness (QED) is 0.726. The molecule has 0 N–H and O–H groups in total. The second-order valence-electron chi connectivity index (χ2n) is 8.29. The zero-order valence-electron chi connectivity index (χ0n) is 13.3. The molecule has 0 aromatic heterocycles. The molecule has 0 radical (unpaired) electrons. The summed E-state index contributed by atoms with van der Waals surface area (Å²) in [4.78, 5) is 2.60. The van der Waals surface area contributed by atoms with Crippen molar-refractivity contribution in [1.29, 1.82) is 0 Å². The van der Waals surface area contributed by atoms with Crippen molar-refractivity contribution < 1.29 is 4.74 Å². The molecule has 4 aliphatic rings. The Bertz CT molecular complexity index is 677. The van der Waals surface area contributed by atoms with Gasteiger partial charge in [0.2, 0.25) is 0 Å². The molecule has 110 valence electrons. The van der Waals surface area contributed by atoms with Crippen LogP contribution in [0.4, 0.5) is 5.69 Å². The topological polar surface area (TPSA) is 12.5 Å². The van der Waals surface area contributed by atoms with Crippen LogP contribution >= 0.6 is 0 Å². The zero-order chi connectivity index (χ0) is 14.6. The van der Waals surface area contributed by atoms with Crippen LogP contribution in [-0.4, -0.2) is 13.1 Å². The second-order valence-corrected chi connectivity index (χ2v) is 8.29. The van der Waals surface area contributed by atoms with Crippen molar-refractivity contribution >= 4 is 5.69 Å². The van der Waals surface area contributed by atoms with E-state index in [9.17, 15) is 0 Å². The van der Waals surface area contributed by atoms with Crippen LogP contribution in [0.1, 0.15) is 38.8 Å². The van der Waals surface area contributed by atoms with E-state index < -0.39 is 0 Å². The third-order valence-corrected chi connectivity index (χ3v) is 6.68. The number of hydrogen-bond donors (Lipinski definition) is 0. The Labute approximate surface area is 126 Å². The molecule has 21 heavy (non-hydrogen) atoms. The van der Waals surface area contributed by atoms with Gasteiger partial charge in [0.1, 0.15) is 11.2 Å². The van der Waals surface area contributed by atoms with Crippen LogP contribution in [0.2, 0.25) is 0 Å². The molecule has 0 amide bonds. The third kappa shape index (κ3) is 1.29. The van der Waals surface area contributed by atoms with Gasteiger partial charge in [-0.3, -0.25) is 0 Å². The maximum atomic E-state index is 6.36. The van der Waals surface area contributed by atoms with Crippen LogP contribution < -0.4 is 4.90 Å². The van der Waals surface area contributed by atoms with Gasteiger partial charge in [-0.1, -0.05) is 26.0 Å². The van der Waals surface area contributed by atoms with Gasteiger partial charge in [-0.15, -0.1) is 0 Å². The molecule has 2 fully saturated rings. The fourth-order valence-corrected chi connectivity index (χ4v) is 5.17. The summed E-state index contributed by atoms with van der Waals surface area (Å²) in [6.45, 7) is 11.7. The minimum atomic E-state index is -0.233. The summed E-state index contributed by atoms with van der Waals surface area (Å²) in [6, 6.07) is 6.74. The van der Waals surface area contributed by atoms with E-state index in [4.69, 9.17) is 4.74 Å². The van der Waals surface area contributed by atoms with Crippen molar-refractivity contribution in [2.75, 3.05) is 18.0 Å². The summed E-state index contributed by atoms with van der Waals surface area (Å²) >= 11 is 0. The first kappa shape index (κ1) is 12.3. The van der Waals surface area contributed by atoms with Gasteiger partial charge in [0.15, 0.2) is 0 Å². The fraction of sp³-hybridized carbons (Fsp3) is 0.579. The Morgan fingerprint density at radius 3 is 2.38 bits per heavy atom. The Kier molecular flexibility index (Phi) is 1.88. The standard InChI is InChI=1S/C19H23NO/c1-17(2)13-10-20(11-14(13)17)15-7-5-6-12-16(15)19(4)9-8-18(12,3)21-19/h5-9,13-14H,10-11H2,1-4H3. The monoisotopic (exact) mass is 281 g/mol. The minimum absolute atomic E-state index is 0.220. The number of nitrogens with zero attached hydrogens (tertiary/aromatic N) is 1. The maximum absolute atomic E-state index is 6.36. The Balaban J connectivity index is 1.59. The summed E-state index contributed by atoms with van der Waals surface area (Å²) in [5.41, 5.74) is 4.30. The van der Waals surface area contributed by atoms with Gasteiger partial charge in [0.05, 0.1) is 0 Å². The van der Waals surface area contributed by atoms with Crippen LogP contribution in [0, 0.1) is 17.3 Å². The van der Waals surface area contributed by atoms with Crippen molar-refractivity contribution in [2.45, 2.75) is 38.9 Å². The Morgan fingerprint density at radius 2 is 1.67 bits per heavy atom. The Morgan fingerprint density at radius 1 is 1.00 bits per heavy atom. The molecule has 1 aromatic rings. The predicted molar refractivity (Wildman–Crippen MR) is 84.3 cm³/mol. The van der Waals surface area contributed by atoms with Gasteiger partial charge < -0.3 is 9.64 Å². The first-order valence-corrected chi connectivity index (χ1v) is 8.15. The lowest BCUT2D eigenvalue weighted by atomic mass is 9.82. The first-order chi connectivity index (χ1) is 9.85. The number of anilines is 1. The molecular weight excluding hydrogens is 258 g/mol. The molecule has 2 nitrogen and oxygen atoms in total. The van der Waals surface area contributed by atoms with Crippen molar-refractivity contribution in [1.82, 2.24) is 0 Å². The lowest BCUT2D eigenvalue weighted by molar-refractivity contribution is -0.0493. The van der Waals surface area contributed by atoms with E-state index in [1.807, 2.05) is 0 Å². The number of piperidine rings is 1. The van der Waals surface area contributed by atoms with Crippen molar-refractivity contribution in [2.24, 2.45) is 17.3 Å². The summed E-state index contributed by atoms with van der Waals surface area (Å²) in [6.07, 6.45) is 4.48. The summed E-state index contributed by atoms with van der Waals surface area (Å²) in [5.74, 6) is 1.76. The molecule has 0 spiro atoms. The van der Waals surface area contributed by atoms with Gasteiger partial charge >= 0.3 is 0 Å². The van der Waals surface area contributed by atoms with Crippen LogP contribution in [-0.2, 0) is 15.9 Å². The molecule has 4 unspecified atom stereocenters. The number of rotatable bonds is 1. The molecule has 2 bridgehead atoms. The first-order valence-electron chi connectivity index (χ1n) is 8.15. The smallest absolute Gasteiger partial charge is 0.113 e. The molecule has 2 heteroatoms. The minimum Gasteiger partial charge on any atom is -0.371 e. The van der Waals surface area contributed by atoms with Crippen molar-refractivity contribution in [3.8, 4) is 0 Å². The average Bonchev–Trinajstić information content (AvgIpc) is 2.88. The number of benzene rings is 1. The maximum Gasteiger partial charge on any atom is 0.113 e. The van der Waals surface area contributed by atoms with E-state index in [0.29, 0.717) is 5.41 Å². The number of ether oxygens (including phenoxy) is 1. The van der Waals surface area contributed by atoms with Gasteiger partial charge in [0, 0.05) is 24.3 Å². The normalized spacial score (nSPS) is 44.1. The molecule has 1 aromatic carbocycles. The number of fused-ring (bicyclic) bond motifs is 6. The molecule has 3 aliphatic heterocycles. The number of hydrogen-bond acceptors (Lipinski definition) is 2. The van der Waals surface area contributed by atoms with Gasteiger partial charge in [-0.05, 0) is 54.9 Å². The van der Waals surface area contributed by atoms with E-state index in [0.717, 1.165) is 11.8 Å². The highest BCUT2D eigenvalue weighted by molar-refractivity contribution is 5.67. The van der Waals surface area contributed by atoms with Crippen LogP contribution in [0.15, 0.2) is 30.4 Å². The zero-order valence-corrected chi connectivity index (χ0v) is 13.3. The second kappa shape index (κ2) is 3.22. The molecule has 1 saturated carbocycles. The molecular formula is C19H23NO. The fourth-order valence-electron chi connectivity index (χ4n) is 5.17. The highest BCUT2D eigenvalue weighted by atomic mass is 16.5. The summed E-state index contributed by atoms with van der Waals surface area (Å²) < 4.78 is 6.36. The molecule has 1 aliphatic carbocycles. The lowest BCUT2D eigenvalue weighted by Gasteiger charge is -2.30. The van der Waals surface area contributed by atoms with Gasteiger partial charge in [-0.25, -0.2) is 0 Å². The van der Waals surface area contributed by atoms with Crippen LogP contribution in [0.25, 0.3) is 0 Å². The molecule has 4 atom stereocenters. The highest BCUT2D eigenvalue weighted by Crippen LogP contribution is 2.64. The predicted octanol–water partition coefficient (Wildman–Crippen LogP) is 3.81. The van der Waals surface area contributed by atoms with Crippen molar-refractivity contribution in [3.63, 3.8) is 0 Å². The third-order valence-electron chi connectivity index (χ3n) is 6.68. The van der Waals surface area contributed by atoms with E-state index in [1.165, 1.54) is 29.9 Å². The van der Waals surface area contributed by atoms with Crippen LogP contribution in [0.5, 0.6) is 0 Å². The summed E-state index contributed by atoms with van der Waals surface area (Å²) in [5, 5.41) is 0. The average molecular weight is 281 g/mol. The SMILES string of the molecule is CC12C=CC(C)(O1)c1c(N3CC4C(C3)C4(C)C)cccc12. The van der Waals surface area contributed by atoms with E-state index in [-0.39, 0.29) is 11.2 Å². The highest BCUT2D eigenvalue weighted by Gasteiger charge is 2.62. The van der Waals surface area contributed by atoms with E-state index >= 15 is 0 Å². The van der Waals surface area contributed by atoms with E-state index in [1.54, 1.807) is 0 Å². The van der Waals surface area contributed by atoms with Gasteiger partial charge in [0.25, 0.3) is 0 Å². The molecule has 1 saturated heterocycles. The lowest BCUT2D eigenvalue weighted by Crippen LogP contribution is -2.29.